The lowest BCUT2D eigenvalue weighted by Crippen LogP contribution is -2.26. The van der Waals surface area contributed by atoms with Crippen molar-refractivity contribution in [2.24, 2.45) is 0 Å². The molecular formula is C34H44BBrF2O3S2. The van der Waals surface area contributed by atoms with Crippen LogP contribution < -0.4 is 4.78 Å². The summed E-state index contributed by atoms with van der Waals surface area (Å²) in [5.41, 5.74) is 2.66. The van der Waals surface area contributed by atoms with Gasteiger partial charge in [0.2, 0.25) is 0 Å². The molecule has 0 bridgehead atoms. The van der Waals surface area contributed by atoms with E-state index in [4.69, 9.17) is 14.8 Å². The van der Waals surface area contributed by atoms with Crippen LogP contribution in [0.5, 0.6) is 0 Å². The number of hydrogen-bond donors (Lipinski definition) is 2. The molecule has 0 spiro atoms. The summed E-state index contributed by atoms with van der Waals surface area (Å²) in [6.07, 6.45) is 11.1. The largest absolute Gasteiger partial charge is 0.499 e. The van der Waals surface area contributed by atoms with Gasteiger partial charge in [-0.05, 0) is 90.2 Å². The third kappa shape index (κ3) is 15.6. The summed E-state index contributed by atoms with van der Waals surface area (Å²) >= 11 is 6.21. The minimum Gasteiger partial charge on any atom is -0.423 e. The molecule has 4 aromatic rings. The Hall–Kier alpha value is -1.88. The van der Waals surface area contributed by atoms with Crippen molar-refractivity contribution < 1.29 is 23.6 Å². The van der Waals surface area contributed by atoms with E-state index >= 15 is 0 Å². The van der Waals surface area contributed by atoms with Crippen molar-refractivity contribution in [2.75, 3.05) is 13.2 Å². The van der Waals surface area contributed by atoms with Crippen molar-refractivity contribution in [3.05, 3.63) is 98.7 Å². The fraction of sp³-hybridized carbons (Fsp3) is 0.412. The molecule has 0 saturated carbocycles. The lowest BCUT2D eigenvalue weighted by atomic mass is 9.90. The van der Waals surface area contributed by atoms with E-state index in [9.17, 15) is 8.78 Å². The Labute approximate surface area is 273 Å². The Bertz CT molecular complexity index is 1240. The Morgan fingerprint density at radius 1 is 0.767 bits per heavy atom. The van der Waals surface area contributed by atoms with Crippen LogP contribution in [0, 0.1) is 11.6 Å². The fourth-order valence-electron chi connectivity index (χ4n) is 4.15. The first kappa shape index (κ1) is 37.3. The van der Waals surface area contributed by atoms with Crippen LogP contribution in [-0.2, 0) is 17.6 Å². The van der Waals surface area contributed by atoms with Gasteiger partial charge in [-0.2, -0.15) is 11.3 Å². The average molecular weight is 694 g/mol. The van der Waals surface area contributed by atoms with Crippen molar-refractivity contribution in [3.8, 4) is 10.4 Å². The molecule has 3 heterocycles. The van der Waals surface area contributed by atoms with Gasteiger partial charge in [-0.1, -0.05) is 91.9 Å². The second-order valence-corrected chi connectivity index (χ2v) is 13.0. The molecule has 234 valence electrons. The molecule has 3 nitrogen and oxygen atoms in total. The predicted molar refractivity (Wildman–Crippen MR) is 184 cm³/mol. The van der Waals surface area contributed by atoms with Crippen LogP contribution in [0.2, 0.25) is 0 Å². The highest BCUT2D eigenvalue weighted by molar-refractivity contribution is 9.10. The van der Waals surface area contributed by atoms with Crippen molar-refractivity contribution in [1.29, 1.82) is 0 Å². The zero-order chi connectivity index (χ0) is 31.3. The average Bonchev–Trinajstić information content (AvgIpc) is 3.81. The smallest absolute Gasteiger partial charge is 0.423 e. The number of rotatable bonds is 10. The molecule has 1 aliphatic rings. The molecule has 43 heavy (non-hydrogen) atoms. The number of benzene rings is 2. The number of thiophene rings is 2. The molecule has 0 amide bonds. The second kappa shape index (κ2) is 22.6. The van der Waals surface area contributed by atoms with Gasteiger partial charge in [0.15, 0.2) is 0 Å². The zero-order valence-corrected chi connectivity index (χ0v) is 28.5. The second-order valence-electron chi connectivity index (χ2n) is 10.1. The summed E-state index contributed by atoms with van der Waals surface area (Å²) in [6.45, 7) is 6.31. The Balaban J connectivity index is 0.000000218. The maximum Gasteiger partial charge on any atom is 0.499 e. The van der Waals surface area contributed by atoms with Crippen LogP contribution in [0.1, 0.15) is 76.3 Å². The van der Waals surface area contributed by atoms with Gasteiger partial charge in [0, 0.05) is 27.3 Å². The highest BCUT2D eigenvalue weighted by Crippen LogP contribution is 2.26. The molecule has 2 aromatic carbocycles. The Morgan fingerprint density at radius 2 is 1.35 bits per heavy atom. The first-order valence-electron chi connectivity index (χ1n) is 15.1. The number of hydrogen-bond acceptors (Lipinski definition) is 5. The monoisotopic (exact) mass is 692 g/mol. The van der Waals surface area contributed by atoms with E-state index in [0.29, 0.717) is 4.78 Å². The Morgan fingerprint density at radius 3 is 1.77 bits per heavy atom. The first-order chi connectivity index (χ1) is 20.8. The van der Waals surface area contributed by atoms with Crippen LogP contribution in [0.4, 0.5) is 8.78 Å². The third-order valence-electron chi connectivity index (χ3n) is 6.60. The van der Waals surface area contributed by atoms with Gasteiger partial charge in [0.25, 0.3) is 0 Å². The van der Waals surface area contributed by atoms with Crippen LogP contribution in [0.15, 0.2) is 75.9 Å². The van der Waals surface area contributed by atoms with E-state index in [2.05, 4.69) is 29.8 Å². The van der Waals surface area contributed by atoms with E-state index in [1.54, 1.807) is 34.9 Å². The molecule has 0 atom stereocenters. The van der Waals surface area contributed by atoms with Crippen molar-refractivity contribution >= 4 is 50.5 Å². The minimum atomic E-state index is -1.30. The van der Waals surface area contributed by atoms with Crippen LogP contribution in [-0.4, -0.2) is 30.4 Å². The minimum absolute atomic E-state index is 0.0630. The van der Waals surface area contributed by atoms with Gasteiger partial charge in [-0.25, -0.2) is 8.78 Å². The molecule has 2 N–H and O–H groups in total. The highest BCUT2D eigenvalue weighted by Gasteiger charge is 2.10. The maximum atomic E-state index is 13.9. The molecule has 9 heteroatoms. The summed E-state index contributed by atoms with van der Waals surface area (Å²) in [5.74, 6) is -0.155. The summed E-state index contributed by atoms with van der Waals surface area (Å²) in [6, 6.07) is 18.4. The quantitative estimate of drug-likeness (QED) is 0.129. The normalized spacial score (nSPS) is 11.9. The van der Waals surface area contributed by atoms with Crippen molar-refractivity contribution in [3.63, 3.8) is 0 Å². The number of aryl methyl sites for hydroxylation is 2. The molecular weight excluding hydrogens is 649 g/mol. The molecule has 1 fully saturated rings. The van der Waals surface area contributed by atoms with E-state index < -0.39 is 7.12 Å². The first-order valence-corrected chi connectivity index (χ1v) is 17.6. The Kier molecular flexibility index (Phi) is 19.6. The number of unbranched alkanes of at least 4 members (excludes halogenated alkanes) is 4. The zero-order valence-electron chi connectivity index (χ0n) is 25.2. The third-order valence-corrected chi connectivity index (χ3v) is 8.92. The highest BCUT2D eigenvalue weighted by atomic mass is 79.9. The summed E-state index contributed by atoms with van der Waals surface area (Å²) < 4.78 is 33.5. The van der Waals surface area contributed by atoms with Crippen LogP contribution in [0.25, 0.3) is 10.4 Å². The van der Waals surface area contributed by atoms with Crippen molar-refractivity contribution in [2.45, 2.75) is 78.1 Å². The molecule has 0 radical (unpaired) electrons. The SMILES string of the molecule is C1CCOC1.CCCCCc1ccc(-c2cccs2)cc1F.CCCCCc1ccc(Br)cc1F.OB(O)c1cccs1. The molecule has 5 rings (SSSR count). The van der Waals surface area contributed by atoms with Gasteiger partial charge in [-0.15, -0.1) is 11.3 Å². The molecule has 0 unspecified atom stereocenters. The summed E-state index contributed by atoms with van der Waals surface area (Å²) in [5, 5.41) is 20.8. The number of ether oxygens (including phenoxy) is 1. The van der Waals surface area contributed by atoms with Gasteiger partial charge >= 0.3 is 7.12 Å². The van der Waals surface area contributed by atoms with Gasteiger partial charge in [0.05, 0.1) is 0 Å². The number of halogens is 3. The van der Waals surface area contributed by atoms with E-state index in [1.807, 2.05) is 41.8 Å². The van der Waals surface area contributed by atoms with E-state index in [-0.39, 0.29) is 11.6 Å². The van der Waals surface area contributed by atoms with Crippen molar-refractivity contribution in [1.82, 2.24) is 0 Å². The molecule has 2 aromatic heterocycles. The predicted octanol–water partition coefficient (Wildman–Crippen LogP) is 9.83. The van der Waals surface area contributed by atoms with Gasteiger partial charge in [0.1, 0.15) is 11.6 Å². The summed E-state index contributed by atoms with van der Waals surface area (Å²) in [7, 11) is -1.30. The topological polar surface area (TPSA) is 49.7 Å². The standard InChI is InChI=1S/C15H17FS.C11H14BrF.C4H5BO2S.C4H8O/c1-2-3-4-6-12-8-9-13(11-14(12)16)15-7-5-10-17-15;1-2-3-4-5-9-6-7-10(12)8-11(9)13;6-5(7)4-2-1-3-8-4;1-2-4-5-3-1/h5,7-11H,2-4,6H2,1H3;6-8H,2-5H2,1H3;1-3,6-7H;1-4H2. The van der Waals surface area contributed by atoms with E-state index in [1.165, 1.54) is 55.9 Å². The van der Waals surface area contributed by atoms with Gasteiger partial charge in [-0.3, -0.25) is 0 Å². The fourth-order valence-corrected chi connectivity index (χ4v) is 5.80. The summed E-state index contributed by atoms with van der Waals surface area (Å²) in [4.78, 5) is 1.13. The molecule has 1 aliphatic heterocycles. The lowest BCUT2D eigenvalue weighted by molar-refractivity contribution is 0.198. The van der Waals surface area contributed by atoms with Crippen LogP contribution in [0.3, 0.4) is 0 Å². The maximum absolute atomic E-state index is 13.9. The van der Waals surface area contributed by atoms with Crippen LogP contribution >= 0.6 is 38.6 Å². The lowest BCUT2D eigenvalue weighted by Gasteiger charge is -2.05. The van der Waals surface area contributed by atoms with E-state index in [0.717, 1.165) is 64.9 Å². The van der Waals surface area contributed by atoms with Gasteiger partial charge < -0.3 is 14.8 Å². The molecule has 0 aliphatic carbocycles. The molecule has 1 saturated heterocycles.